The Hall–Kier alpha value is -1.26. The van der Waals surface area contributed by atoms with Crippen molar-refractivity contribution >= 4 is 29.1 Å². The summed E-state index contributed by atoms with van der Waals surface area (Å²) >= 11 is 7.48. The fraction of sp³-hybridized carbons (Fsp3) is 0.375. The molecule has 1 atom stereocenters. The molecule has 0 bridgehead atoms. The lowest BCUT2D eigenvalue weighted by Gasteiger charge is -2.26. The van der Waals surface area contributed by atoms with Crippen LogP contribution in [0.15, 0.2) is 47.9 Å². The fourth-order valence-electron chi connectivity index (χ4n) is 1.80. The van der Waals surface area contributed by atoms with Gasteiger partial charge in [-0.2, -0.15) is 0 Å². The van der Waals surface area contributed by atoms with Gasteiger partial charge < -0.3 is 4.57 Å². The summed E-state index contributed by atoms with van der Waals surface area (Å²) in [5.74, 6) is 0.395. The molecule has 1 aromatic heterocycles. The SMILES string of the molecule is Cc1ccc(SC(C(=O)C(C)(C)CCl)n2ccnc2)cc1. The number of aryl methyl sites for hydroxylation is 1. The highest BCUT2D eigenvalue weighted by atomic mass is 35.5. The van der Waals surface area contributed by atoms with E-state index in [-0.39, 0.29) is 11.2 Å². The van der Waals surface area contributed by atoms with Gasteiger partial charge in [0.05, 0.1) is 6.33 Å². The van der Waals surface area contributed by atoms with Gasteiger partial charge in [0.1, 0.15) is 5.37 Å². The number of carbonyl (C=O) groups excluding carboxylic acids is 1. The number of imidazole rings is 1. The summed E-state index contributed by atoms with van der Waals surface area (Å²) in [6.45, 7) is 5.80. The van der Waals surface area contributed by atoms with E-state index in [2.05, 4.69) is 4.98 Å². The molecule has 0 N–H and O–H groups in total. The van der Waals surface area contributed by atoms with Gasteiger partial charge in [0, 0.05) is 28.6 Å². The summed E-state index contributed by atoms with van der Waals surface area (Å²) in [6, 6.07) is 8.16. The van der Waals surface area contributed by atoms with E-state index in [4.69, 9.17) is 11.6 Å². The van der Waals surface area contributed by atoms with Crippen molar-refractivity contribution in [2.75, 3.05) is 5.88 Å². The second kappa shape index (κ2) is 6.67. The Kier molecular flexibility index (Phi) is 5.12. The molecule has 1 unspecified atom stereocenters. The first-order valence-corrected chi connectivity index (χ1v) is 8.16. The van der Waals surface area contributed by atoms with Crippen LogP contribution in [0.3, 0.4) is 0 Å². The highest BCUT2D eigenvalue weighted by Gasteiger charge is 2.34. The maximum atomic E-state index is 12.8. The Labute approximate surface area is 134 Å². The third-order valence-corrected chi connectivity index (χ3v) is 5.18. The molecule has 1 heterocycles. The van der Waals surface area contributed by atoms with Crippen molar-refractivity contribution in [2.24, 2.45) is 5.41 Å². The summed E-state index contributed by atoms with van der Waals surface area (Å²) < 4.78 is 1.83. The average Bonchev–Trinajstić information content (AvgIpc) is 3.00. The van der Waals surface area contributed by atoms with Crippen LogP contribution in [0.4, 0.5) is 0 Å². The number of halogens is 1. The van der Waals surface area contributed by atoms with Crippen molar-refractivity contribution in [1.29, 1.82) is 0 Å². The second-order valence-corrected chi connectivity index (χ2v) is 7.10. The molecule has 0 fully saturated rings. The Morgan fingerprint density at radius 3 is 2.57 bits per heavy atom. The van der Waals surface area contributed by atoms with Crippen molar-refractivity contribution in [1.82, 2.24) is 9.55 Å². The zero-order valence-electron chi connectivity index (χ0n) is 12.4. The van der Waals surface area contributed by atoms with Crippen molar-refractivity contribution in [3.63, 3.8) is 0 Å². The van der Waals surface area contributed by atoms with Crippen molar-refractivity contribution in [3.8, 4) is 0 Å². The third kappa shape index (κ3) is 3.89. The molecule has 2 rings (SSSR count). The lowest BCUT2D eigenvalue weighted by molar-refractivity contribution is -0.127. The number of ketones is 1. The van der Waals surface area contributed by atoms with E-state index in [9.17, 15) is 4.79 Å². The molecule has 0 spiro atoms. The number of rotatable bonds is 6. The second-order valence-electron chi connectivity index (χ2n) is 5.67. The van der Waals surface area contributed by atoms with Gasteiger partial charge in [-0.1, -0.05) is 43.3 Å². The van der Waals surface area contributed by atoms with Gasteiger partial charge in [-0.25, -0.2) is 4.98 Å². The first-order valence-electron chi connectivity index (χ1n) is 6.75. The summed E-state index contributed by atoms with van der Waals surface area (Å²) in [4.78, 5) is 17.9. The summed E-state index contributed by atoms with van der Waals surface area (Å²) in [5.41, 5.74) is 0.625. The Morgan fingerprint density at radius 2 is 2.05 bits per heavy atom. The van der Waals surface area contributed by atoms with E-state index in [0.717, 1.165) is 4.90 Å². The number of benzene rings is 1. The van der Waals surface area contributed by atoms with Crippen molar-refractivity contribution < 1.29 is 4.79 Å². The van der Waals surface area contributed by atoms with Gasteiger partial charge in [0.15, 0.2) is 5.78 Å². The molecule has 1 aromatic carbocycles. The fourth-order valence-corrected chi connectivity index (χ4v) is 3.16. The van der Waals surface area contributed by atoms with E-state index in [1.54, 1.807) is 12.5 Å². The van der Waals surface area contributed by atoms with Crippen LogP contribution >= 0.6 is 23.4 Å². The van der Waals surface area contributed by atoms with E-state index in [0.29, 0.717) is 5.88 Å². The Bertz CT molecular complexity index is 593. The lowest BCUT2D eigenvalue weighted by atomic mass is 9.90. The maximum Gasteiger partial charge on any atom is 0.173 e. The molecular formula is C16H19ClN2OS. The molecule has 0 saturated heterocycles. The van der Waals surface area contributed by atoms with Gasteiger partial charge in [-0.15, -0.1) is 11.6 Å². The maximum absolute atomic E-state index is 12.8. The van der Waals surface area contributed by atoms with Crippen molar-refractivity contribution in [2.45, 2.75) is 31.0 Å². The average molecular weight is 323 g/mol. The standard InChI is InChI=1S/C16H19ClN2OS/c1-12-4-6-13(7-5-12)21-15(19-9-8-18-11-19)14(20)16(2,3)10-17/h4-9,11,15H,10H2,1-3H3. The van der Waals surface area contributed by atoms with Gasteiger partial charge in [0.25, 0.3) is 0 Å². The van der Waals surface area contributed by atoms with Crippen LogP contribution in [0.25, 0.3) is 0 Å². The molecule has 0 aliphatic heterocycles. The summed E-state index contributed by atoms with van der Waals surface area (Å²) in [6.07, 6.45) is 5.17. The normalized spacial score (nSPS) is 13.1. The first-order chi connectivity index (χ1) is 9.94. The van der Waals surface area contributed by atoms with Crippen LogP contribution in [0.2, 0.25) is 0 Å². The van der Waals surface area contributed by atoms with Crippen LogP contribution in [-0.2, 0) is 4.79 Å². The van der Waals surface area contributed by atoms with Crippen LogP contribution in [-0.4, -0.2) is 21.2 Å². The van der Waals surface area contributed by atoms with E-state index < -0.39 is 5.41 Å². The molecule has 0 amide bonds. The molecule has 5 heteroatoms. The zero-order valence-corrected chi connectivity index (χ0v) is 14.0. The predicted molar refractivity (Wildman–Crippen MR) is 87.8 cm³/mol. The topological polar surface area (TPSA) is 34.9 Å². The summed E-state index contributed by atoms with van der Waals surface area (Å²) in [5, 5.41) is -0.357. The van der Waals surface area contributed by atoms with Crippen LogP contribution in [0, 0.1) is 12.3 Å². The Morgan fingerprint density at radius 1 is 1.38 bits per heavy atom. The number of carbonyl (C=O) groups is 1. The summed E-state index contributed by atoms with van der Waals surface area (Å²) in [7, 11) is 0. The number of hydrogen-bond acceptors (Lipinski definition) is 3. The Balaban J connectivity index is 2.29. The van der Waals surface area contributed by atoms with E-state index in [1.807, 2.05) is 55.8 Å². The highest BCUT2D eigenvalue weighted by molar-refractivity contribution is 8.00. The molecule has 0 aliphatic carbocycles. The monoisotopic (exact) mass is 322 g/mol. The third-order valence-electron chi connectivity index (χ3n) is 3.29. The number of Topliss-reactive ketones (excluding diaryl/α,β-unsaturated/α-hetero) is 1. The minimum atomic E-state index is -0.575. The number of alkyl halides is 1. The minimum absolute atomic E-state index is 0.0982. The number of aromatic nitrogens is 2. The number of nitrogens with zero attached hydrogens (tertiary/aromatic N) is 2. The minimum Gasteiger partial charge on any atom is -0.317 e. The molecule has 112 valence electrons. The van der Waals surface area contributed by atoms with Gasteiger partial charge in [-0.3, -0.25) is 4.79 Å². The first kappa shape index (κ1) is 16.1. The highest BCUT2D eigenvalue weighted by Crippen LogP contribution is 2.37. The van der Waals surface area contributed by atoms with Crippen LogP contribution in [0.5, 0.6) is 0 Å². The van der Waals surface area contributed by atoms with Gasteiger partial charge in [0.2, 0.25) is 0 Å². The zero-order chi connectivity index (χ0) is 15.5. The van der Waals surface area contributed by atoms with E-state index >= 15 is 0 Å². The van der Waals surface area contributed by atoms with E-state index in [1.165, 1.54) is 17.3 Å². The van der Waals surface area contributed by atoms with Gasteiger partial charge in [-0.05, 0) is 19.1 Å². The molecule has 0 saturated carbocycles. The molecule has 0 aliphatic rings. The predicted octanol–water partition coefficient (Wildman–Crippen LogP) is 4.32. The molecular weight excluding hydrogens is 304 g/mol. The lowest BCUT2D eigenvalue weighted by Crippen LogP contribution is -2.32. The largest absolute Gasteiger partial charge is 0.317 e. The molecule has 3 nitrogen and oxygen atoms in total. The van der Waals surface area contributed by atoms with Crippen LogP contribution in [0.1, 0.15) is 24.8 Å². The van der Waals surface area contributed by atoms with Crippen molar-refractivity contribution in [3.05, 3.63) is 48.5 Å². The van der Waals surface area contributed by atoms with Crippen LogP contribution < -0.4 is 0 Å². The molecule has 0 radical (unpaired) electrons. The number of hydrogen-bond donors (Lipinski definition) is 0. The van der Waals surface area contributed by atoms with Gasteiger partial charge >= 0.3 is 0 Å². The number of thioether (sulfide) groups is 1. The molecule has 21 heavy (non-hydrogen) atoms. The smallest absolute Gasteiger partial charge is 0.173 e. The quantitative estimate of drug-likeness (QED) is 0.587. The molecule has 2 aromatic rings.